The summed E-state index contributed by atoms with van der Waals surface area (Å²) in [6, 6.07) is 7.97. The van der Waals surface area contributed by atoms with Gasteiger partial charge in [-0.1, -0.05) is 13.0 Å². The van der Waals surface area contributed by atoms with E-state index >= 15 is 0 Å². The highest BCUT2D eigenvalue weighted by molar-refractivity contribution is 5.41. The Morgan fingerprint density at radius 2 is 1.70 bits per heavy atom. The van der Waals surface area contributed by atoms with Crippen LogP contribution in [0.4, 0.5) is 5.82 Å². The molecule has 0 radical (unpaired) electrons. The zero-order chi connectivity index (χ0) is 14.5. The summed E-state index contributed by atoms with van der Waals surface area (Å²) in [5.74, 6) is 2.98. The maximum atomic E-state index is 5.88. The molecule has 1 heterocycles. The van der Waals surface area contributed by atoms with E-state index in [1.165, 1.54) is 11.1 Å². The lowest BCUT2D eigenvalue weighted by molar-refractivity contribution is 0.458. The Labute approximate surface area is 120 Å². The quantitative estimate of drug-likeness (QED) is 0.896. The van der Waals surface area contributed by atoms with Gasteiger partial charge in [0.15, 0.2) is 0 Å². The van der Waals surface area contributed by atoms with Crippen molar-refractivity contribution in [1.82, 2.24) is 9.97 Å². The molecule has 0 saturated heterocycles. The Morgan fingerprint density at radius 1 is 1.00 bits per heavy atom. The molecule has 2 rings (SSSR count). The van der Waals surface area contributed by atoms with Crippen LogP contribution >= 0.6 is 0 Å². The average Bonchev–Trinajstić information content (AvgIpc) is 2.37. The van der Waals surface area contributed by atoms with Gasteiger partial charge in [0.25, 0.3) is 0 Å². The van der Waals surface area contributed by atoms with Crippen molar-refractivity contribution in [2.75, 3.05) is 11.9 Å². The number of hydrogen-bond acceptors (Lipinski definition) is 4. The molecule has 0 unspecified atom stereocenters. The van der Waals surface area contributed by atoms with Crippen LogP contribution in [0.2, 0.25) is 0 Å². The van der Waals surface area contributed by atoms with Gasteiger partial charge >= 0.3 is 0 Å². The molecule has 0 aliphatic heterocycles. The monoisotopic (exact) mass is 271 g/mol. The summed E-state index contributed by atoms with van der Waals surface area (Å²) < 4.78 is 5.88. The Kier molecular flexibility index (Phi) is 4.56. The van der Waals surface area contributed by atoms with Crippen molar-refractivity contribution in [3.8, 4) is 11.6 Å². The van der Waals surface area contributed by atoms with E-state index in [1.807, 2.05) is 32.0 Å². The van der Waals surface area contributed by atoms with Gasteiger partial charge in [-0.25, -0.2) is 4.98 Å². The minimum absolute atomic E-state index is 0.581. The molecule has 1 N–H and O–H groups in total. The van der Waals surface area contributed by atoms with Crippen LogP contribution in [0.3, 0.4) is 0 Å². The zero-order valence-electron chi connectivity index (χ0n) is 12.5. The van der Waals surface area contributed by atoms with Gasteiger partial charge in [-0.3, -0.25) is 0 Å². The lowest BCUT2D eigenvalue weighted by Crippen LogP contribution is -2.04. The third-order valence-electron chi connectivity index (χ3n) is 2.84. The van der Waals surface area contributed by atoms with E-state index in [2.05, 4.69) is 35.2 Å². The minimum Gasteiger partial charge on any atom is -0.439 e. The second-order valence-corrected chi connectivity index (χ2v) is 4.82. The number of hydrogen-bond donors (Lipinski definition) is 1. The fraction of sp³-hybridized carbons (Fsp3) is 0.375. The predicted octanol–water partition coefficient (Wildman–Crippen LogP) is 3.88. The smallest absolute Gasteiger partial charge is 0.224 e. The minimum atomic E-state index is 0.581. The first kappa shape index (κ1) is 14.3. The van der Waals surface area contributed by atoms with Crippen molar-refractivity contribution in [3.63, 3.8) is 0 Å². The average molecular weight is 271 g/mol. The number of ether oxygens (including phenoxy) is 1. The molecule has 20 heavy (non-hydrogen) atoms. The highest BCUT2D eigenvalue weighted by atomic mass is 16.5. The van der Waals surface area contributed by atoms with E-state index < -0.39 is 0 Å². The molecule has 1 aromatic heterocycles. The standard InChI is InChI=1S/C16H21N3O/c1-5-14-18-15(17-6-2)10-16(19-14)20-13-8-11(3)7-12(4)9-13/h7-10H,5-6H2,1-4H3,(H,17,18,19). The van der Waals surface area contributed by atoms with Crippen LogP contribution in [0.15, 0.2) is 24.3 Å². The molecular formula is C16H21N3O. The molecule has 0 saturated carbocycles. The second-order valence-electron chi connectivity index (χ2n) is 4.82. The van der Waals surface area contributed by atoms with Gasteiger partial charge in [-0.15, -0.1) is 0 Å². The van der Waals surface area contributed by atoms with E-state index in [4.69, 9.17) is 4.74 Å². The first-order chi connectivity index (χ1) is 9.60. The number of aromatic nitrogens is 2. The predicted molar refractivity (Wildman–Crippen MR) is 81.6 cm³/mol. The van der Waals surface area contributed by atoms with E-state index in [0.717, 1.165) is 30.4 Å². The topological polar surface area (TPSA) is 47.0 Å². The molecule has 0 bridgehead atoms. The van der Waals surface area contributed by atoms with Crippen LogP contribution in [0, 0.1) is 13.8 Å². The maximum absolute atomic E-state index is 5.88. The van der Waals surface area contributed by atoms with Gasteiger partial charge < -0.3 is 10.1 Å². The number of nitrogens with zero attached hydrogens (tertiary/aromatic N) is 2. The molecule has 0 aliphatic rings. The van der Waals surface area contributed by atoms with Crippen molar-refractivity contribution in [3.05, 3.63) is 41.2 Å². The maximum Gasteiger partial charge on any atom is 0.224 e. The molecule has 0 fully saturated rings. The zero-order valence-corrected chi connectivity index (χ0v) is 12.5. The fourth-order valence-electron chi connectivity index (χ4n) is 2.07. The number of nitrogens with one attached hydrogen (secondary N) is 1. The summed E-state index contributed by atoms with van der Waals surface area (Å²) in [4.78, 5) is 8.83. The highest BCUT2D eigenvalue weighted by Crippen LogP contribution is 2.24. The molecule has 0 aliphatic carbocycles. The lowest BCUT2D eigenvalue weighted by atomic mass is 10.1. The normalized spacial score (nSPS) is 10.4. The number of benzene rings is 1. The number of aryl methyl sites for hydroxylation is 3. The molecule has 0 amide bonds. The van der Waals surface area contributed by atoms with Crippen molar-refractivity contribution in [2.24, 2.45) is 0 Å². The van der Waals surface area contributed by atoms with Gasteiger partial charge in [-0.05, 0) is 44.0 Å². The summed E-state index contributed by atoms with van der Waals surface area (Å²) in [7, 11) is 0. The van der Waals surface area contributed by atoms with Crippen LogP contribution in [0.5, 0.6) is 11.6 Å². The molecule has 0 spiro atoms. The van der Waals surface area contributed by atoms with Gasteiger partial charge in [-0.2, -0.15) is 4.98 Å². The molecule has 4 nitrogen and oxygen atoms in total. The van der Waals surface area contributed by atoms with Gasteiger partial charge in [0.05, 0.1) is 0 Å². The lowest BCUT2D eigenvalue weighted by Gasteiger charge is -2.10. The summed E-state index contributed by atoms with van der Waals surface area (Å²) in [6.07, 6.45) is 0.780. The highest BCUT2D eigenvalue weighted by Gasteiger charge is 2.06. The first-order valence-electron chi connectivity index (χ1n) is 6.98. The third kappa shape index (κ3) is 3.70. The van der Waals surface area contributed by atoms with Crippen molar-refractivity contribution < 1.29 is 4.74 Å². The summed E-state index contributed by atoms with van der Waals surface area (Å²) in [5.41, 5.74) is 2.35. The number of rotatable bonds is 5. The van der Waals surface area contributed by atoms with Crippen LogP contribution in [-0.2, 0) is 6.42 Å². The largest absolute Gasteiger partial charge is 0.439 e. The number of anilines is 1. The Hall–Kier alpha value is -2.10. The van der Waals surface area contributed by atoms with Crippen LogP contribution in [-0.4, -0.2) is 16.5 Å². The Balaban J connectivity index is 2.29. The third-order valence-corrected chi connectivity index (χ3v) is 2.84. The van der Waals surface area contributed by atoms with E-state index in [9.17, 15) is 0 Å². The fourth-order valence-corrected chi connectivity index (χ4v) is 2.07. The summed E-state index contributed by atoms with van der Waals surface area (Å²) in [6.45, 7) is 9.01. The van der Waals surface area contributed by atoms with Crippen molar-refractivity contribution in [1.29, 1.82) is 0 Å². The molecule has 4 heteroatoms. The van der Waals surface area contributed by atoms with Gasteiger partial charge in [0.2, 0.25) is 5.88 Å². The second kappa shape index (κ2) is 6.37. The first-order valence-corrected chi connectivity index (χ1v) is 6.98. The van der Waals surface area contributed by atoms with Gasteiger partial charge in [0.1, 0.15) is 17.4 Å². The van der Waals surface area contributed by atoms with E-state index in [0.29, 0.717) is 5.88 Å². The van der Waals surface area contributed by atoms with Gasteiger partial charge in [0, 0.05) is 19.0 Å². The van der Waals surface area contributed by atoms with Crippen LogP contribution < -0.4 is 10.1 Å². The molecule has 2 aromatic rings. The summed E-state index contributed by atoms with van der Waals surface area (Å²) in [5, 5.41) is 3.20. The Morgan fingerprint density at radius 3 is 2.30 bits per heavy atom. The molecular weight excluding hydrogens is 250 g/mol. The molecule has 1 aromatic carbocycles. The van der Waals surface area contributed by atoms with Crippen molar-refractivity contribution in [2.45, 2.75) is 34.1 Å². The van der Waals surface area contributed by atoms with Crippen LogP contribution in [0.1, 0.15) is 30.8 Å². The molecule has 106 valence electrons. The van der Waals surface area contributed by atoms with Crippen LogP contribution in [0.25, 0.3) is 0 Å². The summed E-state index contributed by atoms with van der Waals surface area (Å²) >= 11 is 0. The van der Waals surface area contributed by atoms with E-state index in [-0.39, 0.29) is 0 Å². The molecule has 0 atom stereocenters. The van der Waals surface area contributed by atoms with E-state index in [1.54, 1.807) is 0 Å². The SMILES string of the molecule is CCNc1cc(Oc2cc(C)cc(C)c2)nc(CC)n1. The van der Waals surface area contributed by atoms with Crippen molar-refractivity contribution >= 4 is 5.82 Å². The Bertz CT molecular complexity index is 576.